The molecular formula is C23H25ClN2O6S2. The standard InChI is InChI=1S/C23H25ClN2O6S2/c1-30-15-5-7-17(8-6-15)34(28,29)13-11-20(27)26(14-16-4-3-12-32-16)23-25-21-19(31-2)10-9-18(24)22(21)33-23/h5-10,16H,3-4,11-14H2,1-2H3. The van der Waals surface area contributed by atoms with Gasteiger partial charge in [0.2, 0.25) is 5.91 Å². The normalized spacial score (nSPS) is 16.0. The highest BCUT2D eigenvalue weighted by Gasteiger charge is 2.28. The van der Waals surface area contributed by atoms with Crippen LogP contribution < -0.4 is 14.4 Å². The number of nitrogens with zero attached hydrogens (tertiary/aromatic N) is 2. The second kappa shape index (κ2) is 10.5. The van der Waals surface area contributed by atoms with Crippen LogP contribution in [-0.2, 0) is 19.4 Å². The second-order valence-electron chi connectivity index (χ2n) is 7.81. The Hall–Kier alpha value is -2.40. The van der Waals surface area contributed by atoms with E-state index in [1.807, 2.05) is 0 Å². The molecule has 1 aliphatic rings. The topological polar surface area (TPSA) is 95.0 Å². The summed E-state index contributed by atoms with van der Waals surface area (Å²) in [6.45, 7) is 0.930. The molecule has 1 atom stereocenters. The summed E-state index contributed by atoms with van der Waals surface area (Å²) in [7, 11) is -0.605. The van der Waals surface area contributed by atoms with Crippen molar-refractivity contribution in [3.8, 4) is 11.5 Å². The number of aromatic nitrogens is 1. The molecule has 1 fully saturated rings. The Bertz CT molecular complexity index is 1270. The van der Waals surface area contributed by atoms with Gasteiger partial charge in [0.25, 0.3) is 0 Å². The molecule has 4 rings (SSSR count). The van der Waals surface area contributed by atoms with Crippen molar-refractivity contribution < 1.29 is 27.4 Å². The lowest BCUT2D eigenvalue weighted by atomic mass is 10.2. The number of amides is 1. The smallest absolute Gasteiger partial charge is 0.229 e. The van der Waals surface area contributed by atoms with Crippen LogP contribution in [0.2, 0.25) is 5.02 Å². The summed E-state index contributed by atoms with van der Waals surface area (Å²) in [4.78, 5) is 19.6. The number of benzene rings is 2. The summed E-state index contributed by atoms with van der Waals surface area (Å²) in [5.41, 5.74) is 0.561. The van der Waals surface area contributed by atoms with Gasteiger partial charge in [0.15, 0.2) is 15.0 Å². The van der Waals surface area contributed by atoms with E-state index in [-0.39, 0.29) is 29.1 Å². The van der Waals surface area contributed by atoms with Gasteiger partial charge in [0.05, 0.1) is 47.2 Å². The van der Waals surface area contributed by atoms with Gasteiger partial charge in [-0.15, -0.1) is 0 Å². The van der Waals surface area contributed by atoms with Gasteiger partial charge in [-0.05, 0) is 49.2 Å². The molecule has 2 aromatic carbocycles. The Labute approximate surface area is 207 Å². The van der Waals surface area contributed by atoms with E-state index in [2.05, 4.69) is 4.98 Å². The number of ether oxygens (including phenoxy) is 3. The number of hydrogen-bond acceptors (Lipinski definition) is 8. The van der Waals surface area contributed by atoms with Gasteiger partial charge >= 0.3 is 0 Å². The molecule has 0 saturated carbocycles. The summed E-state index contributed by atoms with van der Waals surface area (Å²) in [6.07, 6.45) is 1.41. The van der Waals surface area contributed by atoms with E-state index in [0.29, 0.717) is 45.0 Å². The third-order valence-electron chi connectivity index (χ3n) is 5.61. The maximum Gasteiger partial charge on any atom is 0.229 e. The highest BCUT2D eigenvalue weighted by atomic mass is 35.5. The van der Waals surface area contributed by atoms with Crippen LogP contribution in [0.5, 0.6) is 11.5 Å². The molecule has 2 heterocycles. The summed E-state index contributed by atoms with van der Waals surface area (Å²) in [5, 5.41) is 0.940. The van der Waals surface area contributed by atoms with Crippen LogP contribution in [0.3, 0.4) is 0 Å². The lowest BCUT2D eigenvalue weighted by Gasteiger charge is -2.23. The van der Waals surface area contributed by atoms with Gasteiger partial charge in [-0.1, -0.05) is 22.9 Å². The first-order valence-corrected chi connectivity index (χ1v) is 13.6. The zero-order chi connectivity index (χ0) is 24.3. The number of rotatable bonds is 9. The van der Waals surface area contributed by atoms with Crippen LogP contribution in [0.4, 0.5) is 5.13 Å². The van der Waals surface area contributed by atoms with Crippen molar-refractivity contribution in [2.45, 2.75) is 30.3 Å². The number of thiazole rings is 1. The number of halogens is 1. The zero-order valence-corrected chi connectivity index (χ0v) is 21.2. The molecule has 182 valence electrons. The van der Waals surface area contributed by atoms with Crippen LogP contribution in [0.1, 0.15) is 19.3 Å². The molecule has 0 radical (unpaired) electrons. The number of carbonyl (C=O) groups is 1. The lowest BCUT2D eigenvalue weighted by Crippen LogP contribution is -2.38. The predicted octanol–water partition coefficient (Wildman–Crippen LogP) is 4.34. The third-order valence-corrected chi connectivity index (χ3v) is 8.88. The minimum atomic E-state index is -3.66. The van der Waals surface area contributed by atoms with Crippen molar-refractivity contribution in [3.05, 3.63) is 41.4 Å². The van der Waals surface area contributed by atoms with Crippen molar-refractivity contribution in [3.63, 3.8) is 0 Å². The fourth-order valence-electron chi connectivity index (χ4n) is 3.76. The van der Waals surface area contributed by atoms with Crippen molar-refractivity contribution in [2.24, 2.45) is 0 Å². The average Bonchev–Trinajstić information content (AvgIpc) is 3.52. The SMILES string of the molecule is COc1ccc(S(=O)(=O)CCC(=O)N(CC2CCCO2)c2nc3c(OC)ccc(Cl)c3s2)cc1. The van der Waals surface area contributed by atoms with Gasteiger partial charge in [-0.25, -0.2) is 13.4 Å². The lowest BCUT2D eigenvalue weighted by molar-refractivity contribution is -0.118. The van der Waals surface area contributed by atoms with E-state index in [1.165, 1.54) is 35.5 Å². The zero-order valence-electron chi connectivity index (χ0n) is 18.8. The number of sulfone groups is 1. The van der Waals surface area contributed by atoms with E-state index in [1.54, 1.807) is 31.4 Å². The van der Waals surface area contributed by atoms with Crippen LogP contribution in [0.15, 0.2) is 41.3 Å². The van der Waals surface area contributed by atoms with Gasteiger partial charge < -0.3 is 14.2 Å². The highest BCUT2D eigenvalue weighted by Crippen LogP contribution is 2.39. The van der Waals surface area contributed by atoms with Crippen molar-refractivity contribution in [1.82, 2.24) is 4.98 Å². The largest absolute Gasteiger partial charge is 0.497 e. The molecule has 1 aromatic heterocycles. The maximum absolute atomic E-state index is 13.3. The molecule has 8 nitrogen and oxygen atoms in total. The molecule has 3 aromatic rings. The van der Waals surface area contributed by atoms with E-state index >= 15 is 0 Å². The number of anilines is 1. The first kappa shape index (κ1) is 24.7. The van der Waals surface area contributed by atoms with E-state index in [9.17, 15) is 13.2 Å². The van der Waals surface area contributed by atoms with E-state index < -0.39 is 9.84 Å². The maximum atomic E-state index is 13.3. The van der Waals surface area contributed by atoms with E-state index in [0.717, 1.165) is 12.8 Å². The first-order chi connectivity index (χ1) is 16.3. The monoisotopic (exact) mass is 524 g/mol. The molecule has 0 N–H and O–H groups in total. The summed E-state index contributed by atoms with van der Waals surface area (Å²) in [5.74, 6) is 0.438. The first-order valence-electron chi connectivity index (χ1n) is 10.7. The molecule has 1 saturated heterocycles. The molecule has 1 aliphatic heterocycles. The van der Waals surface area contributed by atoms with Gasteiger partial charge in [-0.3, -0.25) is 9.69 Å². The fraction of sp³-hybridized carbons (Fsp3) is 0.391. The molecule has 1 unspecified atom stereocenters. The number of carbonyl (C=O) groups excluding carboxylic acids is 1. The van der Waals surface area contributed by atoms with Crippen molar-refractivity contribution in [2.75, 3.05) is 38.0 Å². The highest BCUT2D eigenvalue weighted by molar-refractivity contribution is 7.91. The minimum Gasteiger partial charge on any atom is -0.497 e. The Morgan fingerprint density at radius 1 is 1.21 bits per heavy atom. The van der Waals surface area contributed by atoms with Crippen LogP contribution in [0, 0.1) is 0 Å². The third kappa shape index (κ3) is 5.30. The minimum absolute atomic E-state index is 0.133. The Balaban J connectivity index is 1.58. The Kier molecular flexibility index (Phi) is 7.61. The van der Waals surface area contributed by atoms with Crippen molar-refractivity contribution in [1.29, 1.82) is 0 Å². The van der Waals surface area contributed by atoms with Crippen LogP contribution in [-0.4, -0.2) is 58.5 Å². The van der Waals surface area contributed by atoms with Crippen LogP contribution in [0.25, 0.3) is 10.2 Å². The van der Waals surface area contributed by atoms with Gasteiger partial charge in [0, 0.05) is 13.0 Å². The van der Waals surface area contributed by atoms with Crippen LogP contribution >= 0.6 is 22.9 Å². The summed E-state index contributed by atoms with van der Waals surface area (Å²) >= 11 is 7.63. The molecule has 11 heteroatoms. The van der Waals surface area contributed by atoms with Gasteiger partial charge in [0.1, 0.15) is 17.0 Å². The summed E-state index contributed by atoms with van der Waals surface area (Å²) in [6, 6.07) is 9.56. The molecule has 1 amide bonds. The van der Waals surface area contributed by atoms with E-state index in [4.69, 9.17) is 25.8 Å². The fourth-order valence-corrected chi connectivity index (χ4v) is 6.27. The Morgan fingerprint density at radius 3 is 2.62 bits per heavy atom. The van der Waals surface area contributed by atoms with Gasteiger partial charge in [-0.2, -0.15) is 0 Å². The summed E-state index contributed by atoms with van der Waals surface area (Å²) < 4.78 is 42.6. The number of methoxy groups -OCH3 is 2. The molecule has 0 bridgehead atoms. The molecule has 0 aliphatic carbocycles. The average molecular weight is 525 g/mol. The quantitative estimate of drug-likeness (QED) is 0.411. The van der Waals surface area contributed by atoms with Crippen molar-refractivity contribution >= 4 is 54.0 Å². The predicted molar refractivity (Wildman–Crippen MR) is 132 cm³/mol. The Morgan fingerprint density at radius 2 is 1.97 bits per heavy atom. The molecular weight excluding hydrogens is 500 g/mol. The number of hydrogen-bond donors (Lipinski definition) is 0. The second-order valence-corrected chi connectivity index (χ2v) is 11.3. The molecule has 34 heavy (non-hydrogen) atoms. The molecule has 0 spiro atoms. The number of fused-ring (bicyclic) bond motifs is 1.